The highest BCUT2D eigenvalue weighted by molar-refractivity contribution is 5.88. The van der Waals surface area contributed by atoms with Gasteiger partial charge in [-0.15, -0.1) is 0 Å². The lowest BCUT2D eigenvalue weighted by atomic mass is 9.92. The lowest BCUT2D eigenvalue weighted by molar-refractivity contribution is 1.13. The van der Waals surface area contributed by atoms with E-state index in [0.717, 1.165) is 123 Å². The van der Waals surface area contributed by atoms with Crippen molar-refractivity contribution in [3.8, 4) is 33.4 Å². The molecule has 3 nitrogen and oxygen atoms in total. The molecule has 0 spiro atoms. The maximum absolute atomic E-state index is 2.39. The minimum Gasteiger partial charge on any atom is -0.310 e. The number of hydrogen-bond donors (Lipinski definition) is 0. The fourth-order valence-corrected chi connectivity index (χ4v) is 10.2. The number of aryl methyl sites for hydroxylation is 6. The van der Waals surface area contributed by atoms with Gasteiger partial charge in [-0.3, -0.25) is 0 Å². The largest absolute Gasteiger partial charge is 0.310 e. The van der Waals surface area contributed by atoms with E-state index in [9.17, 15) is 0 Å². The van der Waals surface area contributed by atoms with Crippen LogP contribution in [-0.4, -0.2) is 0 Å². The summed E-state index contributed by atoms with van der Waals surface area (Å²) < 4.78 is 0. The van der Waals surface area contributed by atoms with Gasteiger partial charge in [0, 0.05) is 51.2 Å². The van der Waals surface area contributed by atoms with Crippen LogP contribution in [0.2, 0.25) is 0 Å². The molecule has 3 heteroatoms. The maximum Gasteiger partial charge on any atom is 0.0467 e. The second-order valence-corrected chi connectivity index (χ2v) is 19.6. The third-order valence-electron chi connectivity index (χ3n) is 14.9. The predicted molar refractivity (Wildman–Crippen MR) is 323 cm³/mol. The van der Waals surface area contributed by atoms with E-state index in [4.69, 9.17) is 0 Å². The molecule has 0 N–H and O–H groups in total. The molecule has 0 aliphatic rings. The molecule has 0 heterocycles. The summed E-state index contributed by atoms with van der Waals surface area (Å²) in [6, 6.07) is 88.6. The average molecular weight is 976 g/mol. The SMILES string of the molecule is CCc1ccc(N(c2ccc(CC)cc2)c2cccc(-c3cc(-c4cccc(N(c5ccc(CC)cc5)c5ccc(CC)cc5)c4)cc(-c4cccc(N(c5ccc(CC)cc5)c5ccc(CC)cc5)c4)c3)c2)cc1. The van der Waals surface area contributed by atoms with E-state index in [1.165, 1.54) is 33.4 Å². The average Bonchev–Trinajstić information content (AvgIpc) is 3.48. The number of nitrogens with zero attached hydrogens (tertiary/aromatic N) is 3. The fourth-order valence-electron chi connectivity index (χ4n) is 10.2. The van der Waals surface area contributed by atoms with Gasteiger partial charge in [-0.1, -0.05) is 151 Å². The number of rotatable bonds is 18. The molecule has 0 saturated heterocycles. The Bertz CT molecular complexity index is 2940. The van der Waals surface area contributed by atoms with Crippen LogP contribution in [0.3, 0.4) is 0 Å². The Morgan fingerprint density at radius 2 is 0.373 bits per heavy atom. The molecule has 0 amide bonds. The molecule has 0 aromatic heterocycles. The van der Waals surface area contributed by atoms with Crippen LogP contribution >= 0.6 is 0 Å². The summed E-state index contributed by atoms with van der Waals surface area (Å²) in [5.74, 6) is 0. The second-order valence-electron chi connectivity index (χ2n) is 19.6. The van der Waals surface area contributed by atoms with Crippen molar-refractivity contribution in [2.75, 3.05) is 14.7 Å². The summed E-state index contributed by atoms with van der Waals surface area (Å²) >= 11 is 0. The number of hydrogen-bond acceptors (Lipinski definition) is 3. The van der Waals surface area contributed by atoms with Gasteiger partial charge in [0.1, 0.15) is 0 Å². The molecule has 0 atom stereocenters. The Labute approximate surface area is 447 Å². The van der Waals surface area contributed by atoms with Crippen molar-refractivity contribution in [3.63, 3.8) is 0 Å². The van der Waals surface area contributed by atoms with E-state index in [1.807, 2.05) is 0 Å². The minimum absolute atomic E-state index is 0.998. The van der Waals surface area contributed by atoms with Gasteiger partial charge in [0.25, 0.3) is 0 Å². The summed E-state index contributed by atoms with van der Waals surface area (Å²) in [5.41, 5.74) is 24.9. The Hall–Kier alpha value is -8.40. The third kappa shape index (κ3) is 11.2. The lowest BCUT2D eigenvalue weighted by Crippen LogP contribution is -2.10. The van der Waals surface area contributed by atoms with Crippen molar-refractivity contribution in [2.45, 2.75) is 80.1 Å². The van der Waals surface area contributed by atoms with E-state index in [0.29, 0.717) is 0 Å². The van der Waals surface area contributed by atoms with Crippen molar-refractivity contribution in [2.24, 2.45) is 0 Å². The highest BCUT2D eigenvalue weighted by Crippen LogP contribution is 2.43. The van der Waals surface area contributed by atoms with Gasteiger partial charge in [0.05, 0.1) is 0 Å². The minimum atomic E-state index is 0.998. The Morgan fingerprint density at radius 3 is 0.547 bits per heavy atom. The number of anilines is 9. The van der Waals surface area contributed by atoms with Gasteiger partial charge >= 0.3 is 0 Å². The molecule has 0 radical (unpaired) electrons. The summed E-state index contributed by atoms with van der Waals surface area (Å²) in [6.07, 6.45) is 5.99. The molecule has 372 valence electrons. The van der Waals surface area contributed by atoms with Gasteiger partial charge in [-0.25, -0.2) is 0 Å². The van der Waals surface area contributed by atoms with Gasteiger partial charge in [-0.2, -0.15) is 0 Å². The van der Waals surface area contributed by atoms with Gasteiger partial charge < -0.3 is 14.7 Å². The molecule has 0 fully saturated rings. The molecule has 0 unspecified atom stereocenters. The zero-order valence-electron chi connectivity index (χ0n) is 44.6. The summed E-state index contributed by atoms with van der Waals surface area (Å²) in [4.78, 5) is 7.18. The topological polar surface area (TPSA) is 9.72 Å². The van der Waals surface area contributed by atoms with Crippen LogP contribution in [-0.2, 0) is 38.5 Å². The Kier molecular flexibility index (Phi) is 15.5. The van der Waals surface area contributed by atoms with E-state index in [2.05, 4.69) is 293 Å². The molecular weight excluding hydrogens is 907 g/mol. The first kappa shape index (κ1) is 50.1. The molecule has 0 saturated carbocycles. The van der Waals surface area contributed by atoms with Crippen molar-refractivity contribution in [1.82, 2.24) is 0 Å². The van der Waals surface area contributed by atoms with Gasteiger partial charge in [-0.05, 0) is 233 Å². The highest BCUT2D eigenvalue weighted by atomic mass is 15.2. The Morgan fingerprint density at radius 1 is 0.187 bits per heavy atom. The zero-order valence-corrected chi connectivity index (χ0v) is 44.6. The van der Waals surface area contributed by atoms with Crippen molar-refractivity contribution in [3.05, 3.63) is 270 Å². The Balaban J connectivity index is 1.14. The van der Waals surface area contributed by atoms with Crippen LogP contribution in [0.25, 0.3) is 33.4 Å². The standard InChI is InChI=1S/C72H69N3/c1-7-52-22-34-64(35-23-52)73(65-36-24-53(8-2)25-37-65)70-19-13-16-58(49-70)61-46-62(59-17-14-20-71(50-59)74(66-38-26-54(9-3)27-39-66)67-40-28-55(10-4)29-41-67)48-63(47-61)60-18-15-21-72(51-60)75(68-42-30-56(11-5)31-43-68)69-44-32-57(12-6)33-45-69/h13-51H,7-12H2,1-6H3. The molecule has 10 rings (SSSR count). The van der Waals surface area contributed by atoms with Crippen LogP contribution in [0.15, 0.2) is 237 Å². The second kappa shape index (κ2) is 23.2. The predicted octanol–water partition coefficient (Wildman–Crippen LogP) is 20.5. The normalized spacial score (nSPS) is 11.1. The monoisotopic (exact) mass is 976 g/mol. The molecule has 10 aromatic carbocycles. The molecule has 0 aliphatic heterocycles. The lowest BCUT2D eigenvalue weighted by Gasteiger charge is -2.27. The zero-order chi connectivity index (χ0) is 51.7. The summed E-state index contributed by atoms with van der Waals surface area (Å²) in [7, 11) is 0. The summed E-state index contributed by atoms with van der Waals surface area (Å²) in [5, 5.41) is 0. The quantitative estimate of drug-likeness (QED) is 0.0848. The third-order valence-corrected chi connectivity index (χ3v) is 14.9. The van der Waals surface area contributed by atoms with Crippen LogP contribution in [0.1, 0.15) is 74.9 Å². The molecule has 0 bridgehead atoms. The first-order valence-electron chi connectivity index (χ1n) is 27.3. The van der Waals surface area contributed by atoms with E-state index in [-0.39, 0.29) is 0 Å². The highest BCUT2D eigenvalue weighted by Gasteiger charge is 2.19. The van der Waals surface area contributed by atoms with E-state index < -0.39 is 0 Å². The smallest absolute Gasteiger partial charge is 0.0467 e. The first-order chi connectivity index (χ1) is 36.8. The summed E-state index contributed by atoms with van der Waals surface area (Å²) in [6.45, 7) is 13.3. The molecular formula is C72H69N3. The number of benzene rings is 10. The van der Waals surface area contributed by atoms with E-state index >= 15 is 0 Å². The van der Waals surface area contributed by atoms with Crippen LogP contribution < -0.4 is 14.7 Å². The van der Waals surface area contributed by atoms with Crippen molar-refractivity contribution < 1.29 is 0 Å². The fraction of sp³-hybridized carbons (Fsp3) is 0.167. The molecule has 75 heavy (non-hydrogen) atoms. The van der Waals surface area contributed by atoms with Crippen LogP contribution in [0, 0.1) is 0 Å². The maximum atomic E-state index is 2.39. The van der Waals surface area contributed by atoms with Crippen LogP contribution in [0.4, 0.5) is 51.2 Å². The van der Waals surface area contributed by atoms with Gasteiger partial charge in [0.15, 0.2) is 0 Å². The van der Waals surface area contributed by atoms with Crippen LogP contribution in [0.5, 0.6) is 0 Å². The van der Waals surface area contributed by atoms with Crippen molar-refractivity contribution >= 4 is 51.2 Å². The van der Waals surface area contributed by atoms with Gasteiger partial charge in [0.2, 0.25) is 0 Å². The molecule has 0 aliphatic carbocycles. The van der Waals surface area contributed by atoms with Crippen molar-refractivity contribution in [1.29, 1.82) is 0 Å². The van der Waals surface area contributed by atoms with E-state index in [1.54, 1.807) is 0 Å². The first-order valence-corrected chi connectivity index (χ1v) is 27.3. The molecule has 10 aromatic rings.